The molecule has 0 spiro atoms. The van der Waals surface area contributed by atoms with Gasteiger partial charge in [0.1, 0.15) is 0 Å². The maximum atomic E-state index is 5.98. The van der Waals surface area contributed by atoms with E-state index in [0.717, 1.165) is 39.6 Å². The molecule has 1 aliphatic heterocycles. The number of benzene rings is 2. The monoisotopic (exact) mass is 450 g/mol. The Morgan fingerprint density at radius 2 is 1.79 bits per heavy atom. The maximum absolute atomic E-state index is 5.98. The van der Waals surface area contributed by atoms with Crippen molar-refractivity contribution >= 4 is 42.2 Å². The number of thiol groups is 1. The predicted octanol–water partition coefficient (Wildman–Crippen LogP) is 3.14. The zero-order valence-electron chi connectivity index (χ0n) is 16.8. The minimum absolute atomic E-state index is 0.413. The van der Waals surface area contributed by atoms with Gasteiger partial charge in [-0.25, -0.2) is 5.84 Å². The molecule has 29 heavy (non-hydrogen) atoms. The summed E-state index contributed by atoms with van der Waals surface area (Å²) in [5, 5.41) is 13.2. The fraction of sp³-hybridized carbons (Fsp3) is 0.350. The molecule has 0 aromatic heterocycles. The topological polar surface area (TPSA) is 114 Å². The van der Waals surface area contributed by atoms with Gasteiger partial charge in [-0.2, -0.15) is 17.7 Å². The Morgan fingerprint density at radius 3 is 2.31 bits per heavy atom. The number of piperidine rings is 1. The van der Waals surface area contributed by atoms with Crippen molar-refractivity contribution in [1.29, 1.82) is 0 Å². The van der Waals surface area contributed by atoms with Gasteiger partial charge >= 0.3 is 0 Å². The second kappa shape index (κ2) is 12.4. The number of hydrazone groups is 1. The van der Waals surface area contributed by atoms with Crippen LogP contribution in [0.5, 0.6) is 0 Å². The van der Waals surface area contributed by atoms with Crippen molar-refractivity contribution in [3.63, 3.8) is 0 Å². The summed E-state index contributed by atoms with van der Waals surface area (Å²) in [5.41, 5.74) is 6.91. The number of amidine groups is 1. The molecule has 1 heterocycles. The summed E-state index contributed by atoms with van der Waals surface area (Å²) in [5.74, 6) is 12.3. The van der Waals surface area contributed by atoms with Gasteiger partial charge in [0.05, 0.1) is 0 Å². The van der Waals surface area contributed by atoms with Crippen LogP contribution >= 0.6 is 36.3 Å². The van der Waals surface area contributed by atoms with Gasteiger partial charge in [-0.3, -0.25) is 5.14 Å². The summed E-state index contributed by atoms with van der Waals surface area (Å²) in [6.07, 6.45) is 6.07. The number of nitrogens with two attached hydrogens (primary N) is 3. The predicted molar refractivity (Wildman–Crippen MR) is 132 cm³/mol. The summed E-state index contributed by atoms with van der Waals surface area (Å²) in [6, 6.07) is 12.9. The number of hydrogen-bond donors (Lipinski definition) is 6. The Kier molecular flexibility index (Phi) is 10.2. The van der Waals surface area contributed by atoms with Crippen molar-refractivity contribution in [1.82, 2.24) is 10.7 Å². The van der Waals surface area contributed by atoms with Crippen LogP contribution in [0.1, 0.15) is 29.9 Å². The van der Waals surface area contributed by atoms with Crippen molar-refractivity contribution in [2.75, 3.05) is 25.6 Å². The third kappa shape index (κ3) is 5.62. The average molecular weight is 451 g/mol. The van der Waals surface area contributed by atoms with Crippen LogP contribution in [0.4, 0.5) is 0 Å². The van der Waals surface area contributed by atoms with Crippen LogP contribution in [0.3, 0.4) is 0 Å². The molecule has 9 heteroatoms. The third-order valence-electron chi connectivity index (χ3n) is 4.99. The second-order valence-electron chi connectivity index (χ2n) is 6.41. The number of thioether (sulfide) groups is 1. The van der Waals surface area contributed by atoms with Gasteiger partial charge in [-0.1, -0.05) is 30.3 Å². The lowest BCUT2D eigenvalue weighted by Gasteiger charge is -2.23. The first-order valence-corrected chi connectivity index (χ1v) is 12.3. The van der Waals surface area contributed by atoms with Crippen LogP contribution in [0.25, 0.3) is 11.1 Å². The highest BCUT2D eigenvalue weighted by molar-refractivity contribution is 8.01. The summed E-state index contributed by atoms with van der Waals surface area (Å²) >= 11 is 6.33. The van der Waals surface area contributed by atoms with E-state index in [4.69, 9.17) is 16.8 Å². The Bertz CT molecular complexity index is 805. The van der Waals surface area contributed by atoms with E-state index in [1.165, 1.54) is 30.4 Å². The summed E-state index contributed by atoms with van der Waals surface area (Å²) in [7, 11) is 0. The molecule has 0 unspecified atom stereocenters. The number of hydrogen-bond acceptors (Lipinski definition) is 8. The van der Waals surface area contributed by atoms with E-state index in [2.05, 4.69) is 64.9 Å². The van der Waals surface area contributed by atoms with Gasteiger partial charge in [-0.05, 0) is 79.1 Å². The van der Waals surface area contributed by atoms with Crippen LogP contribution in [-0.4, -0.2) is 31.4 Å². The molecule has 2 aromatic rings. The third-order valence-corrected chi connectivity index (χ3v) is 6.56. The highest BCUT2D eigenvalue weighted by atomic mass is 32.2. The molecule has 1 saturated heterocycles. The SMILES string of the molecule is CS.CSc1ccc(-c2ccc(C3CCNCC3)cc2)c(/C(=N/N)NN)c1SN. The Labute approximate surface area is 187 Å². The van der Waals surface area contributed by atoms with Crippen LogP contribution in [-0.2, 0) is 0 Å². The van der Waals surface area contributed by atoms with E-state index in [1.807, 2.05) is 6.26 Å². The zero-order valence-corrected chi connectivity index (χ0v) is 19.3. The Balaban J connectivity index is 0.00000145. The molecule has 0 saturated carbocycles. The van der Waals surface area contributed by atoms with Crippen LogP contribution in [0, 0.1) is 0 Å². The van der Waals surface area contributed by atoms with Crippen molar-refractivity contribution < 1.29 is 0 Å². The normalized spacial score (nSPS) is 14.9. The highest BCUT2D eigenvalue weighted by Gasteiger charge is 2.20. The molecule has 6 nitrogen and oxygen atoms in total. The summed E-state index contributed by atoms with van der Waals surface area (Å²) in [6.45, 7) is 2.17. The first kappa shape index (κ1) is 23.9. The van der Waals surface area contributed by atoms with Crippen LogP contribution in [0.15, 0.2) is 51.3 Å². The van der Waals surface area contributed by atoms with E-state index in [1.54, 1.807) is 18.0 Å². The van der Waals surface area contributed by atoms with Gasteiger partial charge < -0.3 is 16.6 Å². The van der Waals surface area contributed by atoms with Gasteiger partial charge in [0.2, 0.25) is 0 Å². The fourth-order valence-electron chi connectivity index (χ4n) is 3.58. The molecule has 0 atom stereocenters. The van der Waals surface area contributed by atoms with Crippen molar-refractivity contribution in [2.45, 2.75) is 28.6 Å². The Morgan fingerprint density at radius 1 is 1.14 bits per heavy atom. The lowest BCUT2D eigenvalue weighted by atomic mass is 9.88. The molecule has 0 amide bonds. The number of hydrazine groups is 1. The molecule has 0 radical (unpaired) electrons. The number of nitrogens with zero attached hydrogens (tertiary/aromatic N) is 1. The minimum atomic E-state index is 0.413. The molecule has 1 fully saturated rings. The van der Waals surface area contributed by atoms with E-state index in [-0.39, 0.29) is 0 Å². The molecule has 0 bridgehead atoms. The number of rotatable bonds is 5. The average Bonchev–Trinajstić information content (AvgIpc) is 2.81. The van der Waals surface area contributed by atoms with Gasteiger partial charge in [-0.15, -0.1) is 11.8 Å². The second-order valence-corrected chi connectivity index (χ2v) is 7.90. The molecule has 1 aliphatic rings. The quantitative estimate of drug-likeness (QED) is 0.0789. The molecular weight excluding hydrogens is 420 g/mol. The number of nitrogens with one attached hydrogen (secondary N) is 2. The van der Waals surface area contributed by atoms with E-state index in [9.17, 15) is 0 Å². The standard InChI is InChI=1S/C19H26N6S2.CH4S/c1-26-16-7-6-15(17(18(16)27-22)19(24-20)25-21)14-4-2-12(3-5-14)13-8-10-23-11-9-13;1-2/h2-7,13,23H,8-11,20-22H2,1H3,(H,24,25);2H,1H3. The summed E-state index contributed by atoms with van der Waals surface area (Å²) in [4.78, 5) is 1.97. The summed E-state index contributed by atoms with van der Waals surface area (Å²) < 4.78 is 0. The van der Waals surface area contributed by atoms with E-state index >= 15 is 0 Å². The molecule has 2 aromatic carbocycles. The fourth-order valence-corrected chi connectivity index (χ4v) is 4.98. The van der Waals surface area contributed by atoms with Gasteiger partial charge in [0.15, 0.2) is 5.84 Å². The van der Waals surface area contributed by atoms with Gasteiger partial charge in [0.25, 0.3) is 0 Å². The lowest BCUT2D eigenvalue weighted by Crippen LogP contribution is -2.33. The maximum Gasteiger partial charge on any atom is 0.168 e. The largest absolute Gasteiger partial charge is 0.321 e. The highest BCUT2D eigenvalue weighted by Crippen LogP contribution is 2.37. The zero-order chi connectivity index (χ0) is 21.2. The molecule has 158 valence electrons. The van der Waals surface area contributed by atoms with Crippen molar-refractivity contribution in [3.8, 4) is 11.1 Å². The van der Waals surface area contributed by atoms with Crippen molar-refractivity contribution in [2.24, 2.45) is 21.9 Å². The lowest BCUT2D eigenvalue weighted by molar-refractivity contribution is 0.460. The first-order chi connectivity index (χ1) is 14.2. The smallest absolute Gasteiger partial charge is 0.168 e. The van der Waals surface area contributed by atoms with Crippen molar-refractivity contribution in [3.05, 3.63) is 47.5 Å². The van der Waals surface area contributed by atoms with Crippen LogP contribution in [0.2, 0.25) is 0 Å². The minimum Gasteiger partial charge on any atom is -0.321 e. The molecule has 8 N–H and O–H groups in total. The Hall–Kier alpha value is -1.36. The molecule has 0 aliphatic carbocycles. The van der Waals surface area contributed by atoms with Gasteiger partial charge in [0, 0.05) is 15.4 Å². The van der Waals surface area contributed by atoms with Crippen LogP contribution < -0.4 is 27.6 Å². The van der Waals surface area contributed by atoms with E-state index in [0.29, 0.717) is 11.8 Å². The molecular formula is C20H30N6S3. The first-order valence-electron chi connectivity index (χ1n) is 9.31. The van der Waals surface area contributed by atoms with E-state index < -0.39 is 0 Å². The molecule has 3 rings (SSSR count).